The first-order valence-corrected chi connectivity index (χ1v) is 6.64. The van der Waals surface area contributed by atoms with E-state index in [1.807, 2.05) is 18.2 Å². The Morgan fingerprint density at radius 3 is 2.47 bits per heavy atom. The van der Waals surface area contributed by atoms with E-state index in [2.05, 4.69) is 9.97 Å². The lowest BCUT2D eigenvalue weighted by atomic mass is 10.1. The van der Waals surface area contributed by atoms with Gasteiger partial charge in [0.15, 0.2) is 0 Å². The minimum absolute atomic E-state index is 0.170. The number of rotatable bonds is 2. The van der Waals surface area contributed by atoms with Crippen molar-refractivity contribution in [2.45, 2.75) is 31.6 Å². The molecule has 0 bridgehead atoms. The zero-order valence-electron chi connectivity index (χ0n) is 10.6. The Balaban J connectivity index is 2.06. The molecule has 0 radical (unpaired) electrons. The van der Waals surface area contributed by atoms with E-state index in [0.29, 0.717) is 11.4 Å². The van der Waals surface area contributed by atoms with Gasteiger partial charge in [-0.3, -0.25) is 4.79 Å². The molecule has 3 rings (SSSR count). The van der Waals surface area contributed by atoms with Crippen molar-refractivity contribution in [2.75, 3.05) is 0 Å². The molecule has 0 saturated heterocycles. The number of benzene rings is 1. The second-order valence-electron chi connectivity index (χ2n) is 5.00. The number of hydrogen-bond donors (Lipinski definition) is 2. The van der Waals surface area contributed by atoms with Gasteiger partial charge in [0.25, 0.3) is 5.56 Å². The average Bonchev–Trinajstić information content (AvgIpc) is 2.93. The highest BCUT2D eigenvalue weighted by Gasteiger charge is 2.22. The van der Waals surface area contributed by atoms with E-state index < -0.39 is 0 Å². The molecule has 0 aliphatic heterocycles. The molecule has 0 amide bonds. The number of H-pyrrole nitrogens is 1. The fourth-order valence-electron chi connectivity index (χ4n) is 2.74. The van der Waals surface area contributed by atoms with Crippen molar-refractivity contribution < 1.29 is 5.11 Å². The average molecular weight is 256 g/mol. The van der Waals surface area contributed by atoms with Crippen LogP contribution in [0.4, 0.5) is 0 Å². The zero-order chi connectivity index (χ0) is 13.2. The minimum Gasteiger partial charge on any atom is -0.493 e. The topological polar surface area (TPSA) is 66.0 Å². The first kappa shape index (κ1) is 12.0. The molecular weight excluding hydrogens is 240 g/mol. The largest absolute Gasteiger partial charge is 0.493 e. The lowest BCUT2D eigenvalue weighted by Gasteiger charge is -2.10. The van der Waals surface area contributed by atoms with Crippen molar-refractivity contribution in [1.29, 1.82) is 0 Å². The summed E-state index contributed by atoms with van der Waals surface area (Å²) < 4.78 is 0. The molecule has 1 heterocycles. The van der Waals surface area contributed by atoms with Crippen LogP contribution in [0.15, 0.2) is 35.1 Å². The smallest absolute Gasteiger partial charge is 0.262 e. The van der Waals surface area contributed by atoms with E-state index in [1.54, 1.807) is 12.1 Å². The maximum Gasteiger partial charge on any atom is 0.262 e. The maximum atomic E-state index is 12.2. The molecule has 1 aliphatic carbocycles. The quantitative estimate of drug-likeness (QED) is 0.868. The molecule has 4 heteroatoms. The van der Waals surface area contributed by atoms with Gasteiger partial charge in [-0.25, -0.2) is 0 Å². The summed E-state index contributed by atoms with van der Waals surface area (Å²) in [6.07, 6.45) is 4.39. The molecule has 4 nitrogen and oxygen atoms in total. The third-order valence-electron chi connectivity index (χ3n) is 3.72. The number of nitrogens with zero attached hydrogens (tertiary/aromatic N) is 1. The van der Waals surface area contributed by atoms with Crippen LogP contribution in [-0.2, 0) is 0 Å². The summed E-state index contributed by atoms with van der Waals surface area (Å²) in [6, 6.07) is 9.12. The molecular formula is C15H16N2O2. The Morgan fingerprint density at radius 1 is 1.16 bits per heavy atom. The highest BCUT2D eigenvalue weighted by atomic mass is 16.3. The van der Waals surface area contributed by atoms with Gasteiger partial charge in [-0.05, 0) is 18.4 Å². The lowest BCUT2D eigenvalue weighted by molar-refractivity contribution is 0.446. The summed E-state index contributed by atoms with van der Waals surface area (Å²) in [5, 5.41) is 10.1. The van der Waals surface area contributed by atoms with E-state index in [9.17, 15) is 9.90 Å². The van der Waals surface area contributed by atoms with Crippen molar-refractivity contribution in [3.05, 3.63) is 46.5 Å². The lowest BCUT2D eigenvalue weighted by Crippen LogP contribution is -2.15. The number of aromatic nitrogens is 2. The molecule has 0 atom stereocenters. The van der Waals surface area contributed by atoms with Crippen LogP contribution in [0.5, 0.6) is 5.88 Å². The standard InChI is InChI=1S/C15H16N2O2/c18-14-12(10-6-2-1-3-7-10)15(19)17-13(16-14)11-8-4-5-9-11/h1-3,6-7,11H,4-5,8-9H2,(H2,16,17,18,19). The van der Waals surface area contributed by atoms with Crippen molar-refractivity contribution in [2.24, 2.45) is 0 Å². The van der Waals surface area contributed by atoms with Crippen LogP contribution in [0.1, 0.15) is 37.4 Å². The third-order valence-corrected chi connectivity index (χ3v) is 3.72. The van der Waals surface area contributed by atoms with Gasteiger partial charge >= 0.3 is 0 Å². The molecule has 2 aromatic rings. The summed E-state index contributed by atoms with van der Waals surface area (Å²) in [5.74, 6) is 0.736. The van der Waals surface area contributed by atoms with Crippen LogP contribution in [0, 0.1) is 0 Å². The zero-order valence-corrected chi connectivity index (χ0v) is 10.6. The first-order valence-electron chi connectivity index (χ1n) is 6.64. The summed E-state index contributed by atoms with van der Waals surface area (Å²) in [4.78, 5) is 19.2. The Bertz CT molecular complexity index is 628. The van der Waals surface area contributed by atoms with E-state index in [0.717, 1.165) is 25.7 Å². The first-order chi connectivity index (χ1) is 9.25. The van der Waals surface area contributed by atoms with Gasteiger partial charge in [0.05, 0.1) is 0 Å². The van der Waals surface area contributed by atoms with Crippen LogP contribution in [0.3, 0.4) is 0 Å². The summed E-state index contributed by atoms with van der Waals surface area (Å²) >= 11 is 0. The van der Waals surface area contributed by atoms with E-state index in [1.165, 1.54) is 0 Å². The number of nitrogens with one attached hydrogen (secondary N) is 1. The summed E-state index contributed by atoms with van der Waals surface area (Å²) in [7, 11) is 0. The number of aromatic hydroxyl groups is 1. The predicted molar refractivity (Wildman–Crippen MR) is 73.2 cm³/mol. The fourth-order valence-corrected chi connectivity index (χ4v) is 2.74. The summed E-state index contributed by atoms with van der Waals surface area (Å²) in [5.41, 5.74) is 0.676. The van der Waals surface area contributed by atoms with Crippen LogP contribution in [-0.4, -0.2) is 15.1 Å². The highest BCUT2D eigenvalue weighted by Crippen LogP contribution is 2.33. The molecule has 19 heavy (non-hydrogen) atoms. The van der Waals surface area contributed by atoms with Crippen molar-refractivity contribution in [3.8, 4) is 17.0 Å². The SMILES string of the molecule is O=c1[nH]c(C2CCCC2)nc(O)c1-c1ccccc1. The molecule has 1 fully saturated rings. The van der Waals surface area contributed by atoms with Gasteiger partial charge in [-0.2, -0.15) is 4.98 Å². The van der Waals surface area contributed by atoms with Gasteiger partial charge in [0.2, 0.25) is 5.88 Å². The predicted octanol–water partition coefficient (Wildman–Crippen LogP) is 2.80. The Morgan fingerprint density at radius 2 is 1.84 bits per heavy atom. The molecule has 1 aliphatic rings. The van der Waals surface area contributed by atoms with Gasteiger partial charge < -0.3 is 10.1 Å². The third kappa shape index (κ3) is 2.26. The van der Waals surface area contributed by atoms with Gasteiger partial charge in [-0.1, -0.05) is 43.2 Å². The molecule has 1 saturated carbocycles. The molecule has 2 N–H and O–H groups in total. The molecule has 98 valence electrons. The van der Waals surface area contributed by atoms with Crippen molar-refractivity contribution in [3.63, 3.8) is 0 Å². The van der Waals surface area contributed by atoms with Crippen LogP contribution < -0.4 is 5.56 Å². The Kier molecular flexibility index (Phi) is 3.07. The molecule has 0 spiro atoms. The number of hydrogen-bond acceptors (Lipinski definition) is 3. The maximum absolute atomic E-state index is 12.2. The second kappa shape index (κ2) is 4.88. The second-order valence-corrected chi connectivity index (χ2v) is 5.00. The van der Waals surface area contributed by atoms with Crippen molar-refractivity contribution in [1.82, 2.24) is 9.97 Å². The normalized spacial score (nSPS) is 15.8. The van der Waals surface area contributed by atoms with E-state index in [4.69, 9.17) is 0 Å². The molecule has 0 unspecified atom stereocenters. The van der Waals surface area contributed by atoms with E-state index in [-0.39, 0.29) is 22.9 Å². The Hall–Kier alpha value is -2.10. The van der Waals surface area contributed by atoms with E-state index >= 15 is 0 Å². The van der Waals surface area contributed by atoms with Crippen molar-refractivity contribution >= 4 is 0 Å². The van der Waals surface area contributed by atoms with Gasteiger partial charge in [0, 0.05) is 5.92 Å². The minimum atomic E-state index is -0.263. The molecule has 1 aromatic carbocycles. The monoisotopic (exact) mass is 256 g/mol. The van der Waals surface area contributed by atoms with Crippen LogP contribution >= 0.6 is 0 Å². The fraction of sp³-hybridized carbons (Fsp3) is 0.333. The van der Waals surface area contributed by atoms with Crippen LogP contribution in [0.25, 0.3) is 11.1 Å². The Labute approximate surface area is 111 Å². The van der Waals surface area contributed by atoms with Gasteiger partial charge in [0.1, 0.15) is 11.4 Å². The number of aromatic amines is 1. The van der Waals surface area contributed by atoms with Gasteiger partial charge in [-0.15, -0.1) is 0 Å². The highest BCUT2D eigenvalue weighted by molar-refractivity contribution is 5.66. The summed E-state index contributed by atoms with van der Waals surface area (Å²) in [6.45, 7) is 0. The molecule has 1 aromatic heterocycles. The van der Waals surface area contributed by atoms with Crippen LogP contribution in [0.2, 0.25) is 0 Å².